The first kappa shape index (κ1) is 8.92. The number of carbonyl (C=O) groups excluding carboxylic acids is 1. The SMILES string of the molecule is O=CC1CC=CCC1.[Co]. The Morgan fingerprint density at radius 2 is 2.22 bits per heavy atom. The molecule has 0 aromatic rings. The molecule has 1 rings (SSSR count). The topological polar surface area (TPSA) is 17.1 Å². The molecular formula is C7H10CoO. The Balaban J connectivity index is 0.000000640. The molecule has 0 fully saturated rings. The Morgan fingerprint density at radius 3 is 2.56 bits per heavy atom. The van der Waals surface area contributed by atoms with Gasteiger partial charge >= 0.3 is 0 Å². The maximum absolute atomic E-state index is 10.1. The van der Waals surface area contributed by atoms with Gasteiger partial charge in [-0.2, -0.15) is 0 Å². The van der Waals surface area contributed by atoms with Crippen molar-refractivity contribution in [3.05, 3.63) is 12.2 Å². The van der Waals surface area contributed by atoms with Gasteiger partial charge in [0, 0.05) is 22.7 Å². The van der Waals surface area contributed by atoms with E-state index in [4.69, 9.17) is 0 Å². The van der Waals surface area contributed by atoms with Crippen LogP contribution in [0.2, 0.25) is 0 Å². The van der Waals surface area contributed by atoms with E-state index in [1.54, 1.807) is 0 Å². The van der Waals surface area contributed by atoms with Crippen LogP contribution in [0.25, 0.3) is 0 Å². The summed E-state index contributed by atoms with van der Waals surface area (Å²) < 4.78 is 0. The number of hydrogen-bond donors (Lipinski definition) is 0. The second-order valence-electron chi connectivity index (χ2n) is 2.18. The zero-order valence-electron chi connectivity index (χ0n) is 5.17. The molecule has 9 heavy (non-hydrogen) atoms. The molecule has 53 valence electrons. The minimum Gasteiger partial charge on any atom is -0.303 e. The normalized spacial score (nSPS) is 24.7. The smallest absolute Gasteiger partial charge is 0.123 e. The molecule has 1 nitrogen and oxygen atoms in total. The minimum absolute atomic E-state index is 0. The summed E-state index contributed by atoms with van der Waals surface area (Å²) in [5.74, 6) is 0.319. The number of hydrogen-bond acceptors (Lipinski definition) is 1. The van der Waals surface area contributed by atoms with E-state index in [9.17, 15) is 4.79 Å². The summed E-state index contributed by atoms with van der Waals surface area (Å²) in [5, 5.41) is 0. The van der Waals surface area contributed by atoms with Crippen LogP contribution in [0.5, 0.6) is 0 Å². The monoisotopic (exact) mass is 169 g/mol. The molecule has 0 heterocycles. The van der Waals surface area contributed by atoms with Crippen molar-refractivity contribution in [3.63, 3.8) is 0 Å². The first-order valence-electron chi connectivity index (χ1n) is 3.04. The molecule has 1 atom stereocenters. The second kappa shape index (κ2) is 4.76. The third-order valence-electron chi connectivity index (χ3n) is 1.50. The molecule has 1 aliphatic carbocycles. The molecule has 0 N–H and O–H groups in total. The van der Waals surface area contributed by atoms with Crippen molar-refractivity contribution in [2.75, 3.05) is 0 Å². The fourth-order valence-corrected chi connectivity index (χ4v) is 0.941. The van der Waals surface area contributed by atoms with Gasteiger partial charge in [-0.15, -0.1) is 0 Å². The molecule has 0 bridgehead atoms. The van der Waals surface area contributed by atoms with E-state index in [1.165, 1.54) is 0 Å². The second-order valence-corrected chi connectivity index (χ2v) is 2.18. The number of allylic oxidation sites excluding steroid dienone is 2. The molecule has 1 aliphatic rings. The van der Waals surface area contributed by atoms with Gasteiger partial charge in [0.2, 0.25) is 0 Å². The van der Waals surface area contributed by atoms with Gasteiger partial charge in [0.25, 0.3) is 0 Å². The number of aldehydes is 1. The van der Waals surface area contributed by atoms with Gasteiger partial charge in [-0.25, -0.2) is 0 Å². The van der Waals surface area contributed by atoms with E-state index < -0.39 is 0 Å². The van der Waals surface area contributed by atoms with Crippen LogP contribution >= 0.6 is 0 Å². The van der Waals surface area contributed by atoms with Crippen molar-refractivity contribution in [1.29, 1.82) is 0 Å². The van der Waals surface area contributed by atoms with E-state index in [1.807, 2.05) is 0 Å². The largest absolute Gasteiger partial charge is 0.303 e. The van der Waals surface area contributed by atoms with Gasteiger partial charge in [-0.05, 0) is 19.3 Å². The minimum atomic E-state index is 0. The summed E-state index contributed by atoms with van der Waals surface area (Å²) in [4.78, 5) is 10.1. The molecular weight excluding hydrogens is 159 g/mol. The Bertz CT molecular complexity index is 109. The van der Waals surface area contributed by atoms with E-state index >= 15 is 0 Å². The van der Waals surface area contributed by atoms with E-state index in [0.717, 1.165) is 25.5 Å². The Labute approximate surface area is 65.7 Å². The van der Waals surface area contributed by atoms with Gasteiger partial charge in [-0.1, -0.05) is 12.2 Å². The fraction of sp³-hybridized carbons (Fsp3) is 0.571. The molecule has 1 radical (unpaired) electrons. The standard InChI is InChI=1S/C7H10O.Co/c8-6-7-4-2-1-3-5-7;/h1-2,6-7H,3-5H2;. The molecule has 0 aromatic heterocycles. The van der Waals surface area contributed by atoms with Gasteiger partial charge < -0.3 is 4.79 Å². The molecule has 1 unspecified atom stereocenters. The quantitative estimate of drug-likeness (QED) is 0.429. The van der Waals surface area contributed by atoms with Crippen LogP contribution in [0.15, 0.2) is 12.2 Å². The maximum Gasteiger partial charge on any atom is 0.123 e. The van der Waals surface area contributed by atoms with Crippen molar-refractivity contribution < 1.29 is 21.6 Å². The summed E-state index contributed by atoms with van der Waals surface area (Å²) >= 11 is 0. The average molecular weight is 169 g/mol. The van der Waals surface area contributed by atoms with Crippen LogP contribution in [-0.2, 0) is 21.6 Å². The number of rotatable bonds is 1. The van der Waals surface area contributed by atoms with Gasteiger partial charge in [0.15, 0.2) is 0 Å². The Kier molecular flexibility index (Phi) is 4.72. The molecule has 0 aromatic carbocycles. The van der Waals surface area contributed by atoms with Crippen LogP contribution in [0.3, 0.4) is 0 Å². The molecule has 0 saturated carbocycles. The third kappa shape index (κ3) is 2.82. The van der Waals surface area contributed by atoms with Gasteiger partial charge in [0.05, 0.1) is 0 Å². The molecule has 0 spiro atoms. The fourth-order valence-electron chi connectivity index (χ4n) is 0.941. The summed E-state index contributed by atoms with van der Waals surface area (Å²) in [7, 11) is 0. The molecule has 2 heteroatoms. The molecule has 0 saturated heterocycles. The van der Waals surface area contributed by atoms with Crippen LogP contribution < -0.4 is 0 Å². The van der Waals surface area contributed by atoms with Crippen LogP contribution in [0, 0.1) is 5.92 Å². The molecule has 0 aliphatic heterocycles. The maximum atomic E-state index is 10.1. The number of carbonyl (C=O) groups is 1. The Morgan fingerprint density at radius 1 is 1.44 bits per heavy atom. The van der Waals surface area contributed by atoms with E-state index in [0.29, 0.717) is 5.92 Å². The van der Waals surface area contributed by atoms with Crippen molar-refractivity contribution in [2.45, 2.75) is 19.3 Å². The van der Waals surface area contributed by atoms with Crippen LogP contribution in [0.1, 0.15) is 19.3 Å². The first-order valence-corrected chi connectivity index (χ1v) is 3.04. The van der Waals surface area contributed by atoms with E-state index in [2.05, 4.69) is 12.2 Å². The Hall–Kier alpha value is -0.0835. The van der Waals surface area contributed by atoms with Crippen LogP contribution in [-0.4, -0.2) is 6.29 Å². The average Bonchev–Trinajstić information content (AvgIpc) is 1.90. The summed E-state index contributed by atoms with van der Waals surface area (Å²) in [6, 6.07) is 0. The summed E-state index contributed by atoms with van der Waals surface area (Å²) in [6.45, 7) is 0. The summed E-state index contributed by atoms with van der Waals surface area (Å²) in [5.41, 5.74) is 0. The van der Waals surface area contributed by atoms with Gasteiger partial charge in [0.1, 0.15) is 6.29 Å². The van der Waals surface area contributed by atoms with Crippen molar-refractivity contribution in [2.24, 2.45) is 5.92 Å². The molecule has 0 amide bonds. The zero-order chi connectivity index (χ0) is 5.82. The predicted molar refractivity (Wildman–Crippen MR) is 32.5 cm³/mol. The summed E-state index contributed by atoms with van der Waals surface area (Å²) in [6.07, 6.45) is 8.39. The predicted octanol–water partition coefficient (Wildman–Crippen LogP) is 1.54. The first-order chi connectivity index (χ1) is 3.93. The third-order valence-corrected chi connectivity index (χ3v) is 1.50. The van der Waals surface area contributed by atoms with E-state index in [-0.39, 0.29) is 16.8 Å². The van der Waals surface area contributed by atoms with Gasteiger partial charge in [-0.3, -0.25) is 0 Å². The van der Waals surface area contributed by atoms with Crippen molar-refractivity contribution in [1.82, 2.24) is 0 Å². The van der Waals surface area contributed by atoms with Crippen LogP contribution in [0.4, 0.5) is 0 Å². The van der Waals surface area contributed by atoms with Crippen molar-refractivity contribution >= 4 is 6.29 Å². The zero-order valence-corrected chi connectivity index (χ0v) is 6.21. The van der Waals surface area contributed by atoms with Crippen molar-refractivity contribution in [3.8, 4) is 0 Å².